The van der Waals surface area contributed by atoms with Gasteiger partial charge in [0, 0.05) is 31.2 Å². The van der Waals surface area contributed by atoms with Crippen LogP contribution in [0.2, 0.25) is 0 Å². The molecule has 2 rings (SSSR count). The summed E-state index contributed by atoms with van der Waals surface area (Å²) in [5, 5.41) is 3.89. The zero-order valence-electron chi connectivity index (χ0n) is 12.5. The van der Waals surface area contributed by atoms with Crippen LogP contribution in [-0.2, 0) is 0 Å². The zero-order chi connectivity index (χ0) is 13.0. The van der Waals surface area contributed by atoms with Crippen LogP contribution >= 0.6 is 0 Å². The van der Waals surface area contributed by atoms with Crippen LogP contribution in [0.5, 0.6) is 0 Å². The van der Waals surface area contributed by atoms with Crippen LogP contribution in [0.25, 0.3) is 0 Å². The number of piperazine rings is 1. The van der Waals surface area contributed by atoms with Crippen molar-refractivity contribution in [1.82, 2.24) is 10.2 Å². The molecule has 2 nitrogen and oxygen atoms in total. The summed E-state index contributed by atoms with van der Waals surface area (Å²) in [4.78, 5) is 2.72. The number of nitrogens with one attached hydrogen (secondary N) is 1. The molecule has 2 fully saturated rings. The summed E-state index contributed by atoms with van der Waals surface area (Å²) in [5.41, 5.74) is 1.89. The molecule has 1 heterocycles. The van der Waals surface area contributed by atoms with E-state index in [2.05, 4.69) is 37.1 Å². The fraction of sp³-hybridized carbons (Fsp3) is 0.875. The van der Waals surface area contributed by atoms with E-state index in [-0.39, 0.29) is 0 Å². The van der Waals surface area contributed by atoms with Gasteiger partial charge in [-0.05, 0) is 33.1 Å². The van der Waals surface area contributed by atoms with E-state index in [9.17, 15) is 0 Å². The topological polar surface area (TPSA) is 15.3 Å². The number of rotatable bonds is 3. The highest BCUT2D eigenvalue weighted by molar-refractivity contribution is 5.03. The second kappa shape index (κ2) is 6.21. The standard InChI is InChI=1S/C16H30N2/c1-4-15-12-17-16(9-6-5-7-10-16)13-18(15)11-8-14(2)3/h8,15,17H,4-7,9-13H2,1-3H3. The van der Waals surface area contributed by atoms with Gasteiger partial charge in [-0.25, -0.2) is 0 Å². The first kappa shape index (κ1) is 14.1. The second-order valence-corrected chi connectivity index (χ2v) is 6.49. The Morgan fingerprint density at radius 1 is 1.28 bits per heavy atom. The zero-order valence-corrected chi connectivity index (χ0v) is 12.5. The Bertz CT molecular complexity index is 285. The maximum Gasteiger partial charge on any atom is 0.0309 e. The van der Waals surface area contributed by atoms with Crippen LogP contribution in [0.15, 0.2) is 11.6 Å². The highest BCUT2D eigenvalue weighted by atomic mass is 15.2. The third-order valence-electron chi connectivity index (χ3n) is 4.75. The van der Waals surface area contributed by atoms with E-state index in [0.717, 1.165) is 12.6 Å². The molecule has 2 heteroatoms. The first-order valence-electron chi connectivity index (χ1n) is 7.78. The van der Waals surface area contributed by atoms with E-state index in [0.29, 0.717) is 5.54 Å². The molecular formula is C16H30N2. The minimum atomic E-state index is 0.444. The average Bonchev–Trinajstić information content (AvgIpc) is 2.37. The van der Waals surface area contributed by atoms with Crippen molar-refractivity contribution in [2.75, 3.05) is 19.6 Å². The molecule has 1 spiro atoms. The Kier molecular flexibility index (Phi) is 4.85. The molecule has 1 saturated heterocycles. The molecule has 1 aliphatic carbocycles. The van der Waals surface area contributed by atoms with E-state index in [1.165, 1.54) is 57.2 Å². The molecular weight excluding hydrogens is 220 g/mol. The minimum Gasteiger partial charge on any atom is -0.308 e. The number of allylic oxidation sites excluding steroid dienone is 1. The Labute approximate surface area is 113 Å². The number of hydrogen-bond acceptors (Lipinski definition) is 2. The highest BCUT2D eigenvalue weighted by Crippen LogP contribution is 2.32. The molecule has 2 aliphatic rings. The van der Waals surface area contributed by atoms with Gasteiger partial charge < -0.3 is 5.32 Å². The average molecular weight is 250 g/mol. The lowest BCUT2D eigenvalue weighted by molar-refractivity contribution is 0.0627. The van der Waals surface area contributed by atoms with E-state index in [1.807, 2.05) is 0 Å². The van der Waals surface area contributed by atoms with Gasteiger partial charge in [-0.2, -0.15) is 0 Å². The Balaban J connectivity index is 2.01. The summed E-state index contributed by atoms with van der Waals surface area (Å²) in [6, 6.07) is 0.730. The number of nitrogens with zero attached hydrogens (tertiary/aromatic N) is 1. The maximum atomic E-state index is 3.89. The molecule has 1 atom stereocenters. The minimum absolute atomic E-state index is 0.444. The lowest BCUT2D eigenvalue weighted by Gasteiger charge is -2.49. The van der Waals surface area contributed by atoms with E-state index < -0.39 is 0 Å². The predicted molar refractivity (Wildman–Crippen MR) is 78.9 cm³/mol. The van der Waals surface area contributed by atoms with Gasteiger partial charge >= 0.3 is 0 Å². The third-order valence-corrected chi connectivity index (χ3v) is 4.75. The van der Waals surface area contributed by atoms with Gasteiger partial charge in [-0.3, -0.25) is 4.90 Å². The first-order valence-corrected chi connectivity index (χ1v) is 7.78. The largest absolute Gasteiger partial charge is 0.308 e. The van der Waals surface area contributed by atoms with Gasteiger partial charge in [0.2, 0.25) is 0 Å². The van der Waals surface area contributed by atoms with Crippen molar-refractivity contribution < 1.29 is 0 Å². The Morgan fingerprint density at radius 2 is 2.00 bits per heavy atom. The predicted octanol–water partition coefficient (Wildman–Crippen LogP) is 3.34. The molecule has 1 N–H and O–H groups in total. The van der Waals surface area contributed by atoms with Crippen LogP contribution in [0.4, 0.5) is 0 Å². The number of hydrogen-bond donors (Lipinski definition) is 1. The van der Waals surface area contributed by atoms with Crippen molar-refractivity contribution in [2.45, 2.75) is 70.9 Å². The molecule has 0 amide bonds. The first-order chi connectivity index (χ1) is 8.65. The molecule has 1 saturated carbocycles. The van der Waals surface area contributed by atoms with Crippen LogP contribution in [0, 0.1) is 0 Å². The van der Waals surface area contributed by atoms with E-state index in [1.54, 1.807) is 0 Å². The lowest BCUT2D eigenvalue weighted by atomic mass is 9.79. The fourth-order valence-electron chi connectivity index (χ4n) is 3.52. The van der Waals surface area contributed by atoms with Crippen molar-refractivity contribution in [3.8, 4) is 0 Å². The van der Waals surface area contributed by atoms with Gasteiger partial charge in [0.05, 0.1) is 0 Å². The third kappa shape index (κ3) is 3.36. The van der Waals surface area contributed by atoms with Crippen LogP contribution < -0.4 is 5.32 Å². The molecule has 0 aromatic carbocycles. The summed E-state index contributed by atoms with van der Waals surface area (Å²) in [6.07, 6.45) is 10.7. The van der Waals surface area contributed by atoms with Crippen molar-refractivity contribution in [3.63, 3.8) is 0 Å². The van der Waals surface area contributed by atoms with Gasteiger partial charge in [-0.15, -0.1) is 0 Å². The van der Waals surface area contributed by atoms with Gasteiger partial charge in [-0.1, -0.05) is 37.8 Å². The summed E-state index contributed by atoms with van der Waals surface area (Å²) in [7, 11) is 0. The van der Waals surface area contributed by atoms with Crippen LogP contribution in [-0.4, -0.2) is 36.1 Å². The van der Waals surface area contributed by atoms with Gasteiger partial charge in [0.15, 0.2) is 0 Å². The summed E-state index contributed by atoms with van der Waals surface area (Å²) < 4.78 is 0. The second-order valence-electron chi connectivity index (χ2n) is 6.49. The Hall–Kier alpha value is -0.340. The highest BCUT2D eigenvalue weighted by Gasteiger charge is 2.38. The van der Waals surface area contributed by atoms with Crippen molar-refractivity contribution in [1.29, 1.82) is 0 Å². The van der Waals surface area contributed by atoms with E-state index in [4.69, 9.17) is 0 Å². The molecule has 0 bridgehead atoms. The van der Waals surface area contributed by atoms with E-state index >= 15 is 0 Å². The Morgan fingerprint density at radius 3 is 2.61 bits per heavy atom. The normalized spacial score (nSPS) is 28.3. The molecule has 18 heavy (non-hydrogen) atoms. The molecule has 0 aromatic heterocycles. The quantitative estimate of drug-likeness (QED) is 0.773. The molecule has 1 unspecified atom stereocenters. The maximum absolute atomic E-state index is 3.89. The molecule has 1 aliphatic heterocycles. The SMILES string of the molecule is CCC1CNC2(CCCCC2)CN1CC=C(C)C. The summed E-state index contributed by atoms with van der Waals surface area (Å²) in [5.74, 6) is 0. The smallest absolute Gasteiger partial charge is 0.0309 e. The summed E-state index contributed by atoms with van der Waals surface area (Å²) >= 11 is 0. The molecule has 0 aromatic rings. The van der Waals surface area contributed by atoms with Crippen LogP contribution in [0.3, 0.4) is 0 Å². The molecule has 104 valence electrons. The van der Waals surface area contributed by atoms with Gasteiger partial charge in [0.1, 0.15) is 0 Å². The van der Waals surface area contributed by atoms with Gasteiger partial charge in [0.25, 0.3) is 0 Å². The fourth-order valence-corrected chi connectivity index (χ4v) is 3.52. The van der Waals surface area contributed by atoms with Crippen LogP contribution in [0.1, 0.15) is 59.3 Å². The van der Waals surface area contributed by atoms with Crippen molar-refractivity contribution in [3.05, 3.63) is 11.6 Å². The molecule has 0 radical (unpaired) electrons. The monoisotopic (exact) mass is 250 g/mol. The van der Waals surface area contributed by atoms with Crippen molar-refractivity contribution in [2.24, 2.45) is 0 Å². The van der Waals surface area contributed by atoms with Crippen molar-refractivity contribution >= 4 is 0 Å². The summed E-state index contributed by atoms with van der Waals surface area (Å²) in [6.45, 7) is 10.3. The lowest BCUT2D eigenvalue weighted by Crippen LogP contribution is -2.64.